The summed E-state index contributed by atoms with van der Waals surface area (Å²) in [6, 6.07) is 16.9. The van der Waals surface area contributed by atoms with E-state index >= 15 is 0 Å². The number of rotatable bonds is 7. The van der Waals surface area contributed by atoms with Crippen molar-refractivity contribution in [3.8, 4) is 11.5 Å². The maximum absolute atomic E-state index is 12.4. The number of carbonyl (C=O) groups excluding carboxylic acids is 2. The monoisotopic (exact) mass is 392 g/mol. The molecule has 1 amide bonds. The van der Waals surface area contributed by atoms with Crippen LogP contribution < -0.4 is 5.32 Å². The van der Waals surface area contributed by atoms with Crippen molar-refractivity contribution in [3.63, 3.8) is 0 Å². The Hall–Kier alpha value is -3.41. The Kier molecular flexibility index (Phi) is 6.44. The Morgan fingerprint density at radius 1 is 1.10 bits per heavy atom. The fourth-order valence-electron chi connectivity index (χ4n) is 2.94. The van der Waals surface area contributed by atoms with Crippen molar-refractivity contribution in [2.75, 3.05) is 11.9 Å². The molecule has 0 spiro atoms. The lowest BCUT2D eigenvalue weighted by atomic mass is 9.97. The van der Waals surface area contributed by atoms with Gasteiger partial charge < -0.3 is 14.5 Å². The molecule has 150 valence electrons. The van der Waals surface area contributed by atoms with E-state index in [2.05, 4.69) is 24.1 Å². The van der Waals surface area contributed by atoms with Gasteiger partial charge in [-0.3, -0.25) is 4.79 Å². The van der Waals surface area contributed by atoms with Crippen LogP contribution in [0.5, 0.6) is 0 Å². The number of hydrogen-bond donors (Lipinski definition) is 1. The maximum atomic E-state index is 12.4. The van der Waals surface area contributed by atoms with Crippen molar-refractivity contribution in [1.82, 2.24) is 4.98 Å². The van der Waals surface area contributed by atoms with Crippen LogP contribution in [0.3, 0.4) is 0 Å². The average Bonchev–Trinajstić information content (AvgIpc) is 3.14. The molecular formula is C23H24N2O4. The normalized spacial score (nSPS) is 11.7. The van der Waals surface area contributed by atoms with Crippen molar-refractivity contribution < 1.29 is 18.7 Å². The molecule has 0 bridgehead atoms. The first-order valence-corrected chi connectivity index (χ1v) is 9.58. The molecular weight excluding hydrogens is 368 g/mol. The Morgan fingerprint density at radius 2 is 1.79 bits per heavy atom. The number of anilines is 1. The smallest absolute Gasteiger partial charge is 0.361 e. The van der Waals surface area contributed by atoms with Gasteiger partial charge in [-0.2, -0.15) is 0 Å². The molecule has 2 aromatic carbocycles. The molecule has 3 rings (SSSR count). The minimum Gasteiger partial charge on any atom is -0.451 e. The van der Waals surface area contributed by atoms with Crippen molar-refractivity contribution >= 4 is 17.6 Å². The molecule has 3 aromatic rings. The van der Waals surface area contributed by atoms with Crippen LogP contribution in [-0.4, -0.2) is 23.5 Å². The highest BCUT2D eigenvalue weighted by Gasteiger charge is 2.20. The Balaban J connectivity index is 1.63. The molecule has 6 nitrogen and oxygen atoms in total. The van der Waals surface area contributed by atoms with E-state index in [1.165, 1.54) is 0 Å². The van der Waals surface area contributed by atoms with Gasteiger partial charge in [0, 0.05) is 11.3 Å². The summed E-state index contributed by atoms with van der Waals surface area (Å²) in [4.78, 5) is 28.9. The molecule has 1 N–H and O–H groups in total. The van der Waals surface area contributed by atoms with Crippen LogP contribution >= 0.6 is 0 Å². The largest absolute Gasteiger partial charge is 0.451 e. The summed E-state index contributed by atoms with van der Waals surface area (Å²) >= 11 is 0. The zero-order chi connectivity index (χ0) is 20.8. The van der Waals surface area contributed by atoms with Gasteiger partial charge in [0.2, 0.25) is 5.89 Å². The van der Waals surface area contributed by atoms with Crippen LogP contribution in [0.15, 0.2) is 59.0 Å². The first kappa shape index (κ1) is 20.3. The third-order valence-electron chi connectivity index (χ3n) is 4.72. The second-order valence-corrected chi connectivity index (χ2v) is 6.81. The number of ether oxygens (including phenoxy) is 1. The molecule has 0 radical (unpaired) electrons. The predicted molar refractivity (Wildman–Crippen MR) is 111 cm³/mol. The van der Waals surface area contributed by atoms with Crippen molar-refractivity contribution in [2.24, 2.45) is 0 Å². The van der Waals surface area contributed by atoms with E-state index < -0.39 is 18.5 Å². The van der Waals surface area contributed by atoms with Crippen molar-refractivity contribution in [2.45, 2.75) is 33.1 Å². The van der Waals surface area contributed by atoms with E-state index in [0.717, 1.165) is 23.2 Å². The van der Waals surface area contributed by atoms with Gasteiger partial charge in [0.1, 0.15) is 5.76 Å². The Bertz CT molecular complexity index is 995. The molecule has 1 heterocycles. The highest BCUT2D eigenvalue weighted by Crippen LogP contribution is 2.26. The second-order valence-electron chi connectivity index (χ2n) is 6.81. The summed E-state index contributed by atoms with van der Waals surface area (Å²) in [5, 5.41) is 2.82. The van der Waals surface area contributed by atoms with E-state index in [1.54, 1.807) is 6.92 Å². The summed E-state index contributed by atoms with van der Waals surface area (Å²) in [5.74, 6) is -0.112. The van der Waals surface area contributed by atoms with Crippen LogP contribution in [0.2, 0.25) is 0 Å². The molecule has 29 heavy (non-hydrogen) atoms. The number of aryl methyl sites for hydroxylation is 1. The minimum atomic E-state index is -0.696. The van der Waals surface area contributed by atoms with Gasteiger partial charge >= 0.3 is 5.97 Å². The highest BCUT2D eigenvalue weighted by atomic mass is 16.5. The fourth-order valence-corrected chi connectivity index (χ4v) is 2.94. The molecule has 0 saturated heterocycles. The van der Waals surface area contributed by atoms with E-state index in [0.29, 0.717) is 17.6 Å². The Morgan fingerprint density at radius 3 is 2.52 bits per heavy atom. The number of carbonyl (C=O) groups is 2. The van der Waals surface area contributed by atoms with Crippen molar-refractivity contribution in [1.29, 1.82) is 0 Å². The Labute approximate surface area is 169 Å². The highest BCUT2D eigenvalue weighted by molar-refractivity contribution is 5.95. The number of nitrogens with one attached hydrogen (secondary N) is 1. The molecule has 0 aliphatic rings. The fraction of sp³-hybridized carbons (Fsp3) is 0.261. The quantitative estimate of drug-likeness (QED) is 0.575. The van der Waals surface area contributed by atoms with Gasteiger partial charge in [-0.05, 0) is 43.0 Å². The van der Waals surface area contributed by atoms with E-state index in [9.17, 15) is 9.59 Å². The third-order valence-corrected chi connectivity index (χ3v) is 4.72. The number of para-hydroxylation sites is 1. The minimum absolute atomic E-state index is 0.0664. The number of aromatic nitrogens is 1. The van der Waals surface area contributed by atoms with Gasteiger partial charge in [-0.15, -0.1) is 0 Å². The van der Waals surface area contributed by atoms with Gasteiger partial charge in [0.05, 0.1) is 0 Å². The van der Waals surface area contributed by atoms with Crippen LogP contribution in [0.4, 0.5) is 5.69 Å². The summed E-state index contributed by atoms with van der Waals surface area (Å²) in [6.07, 6.45) is 0.955. The molecule has 1 aromatic heterocycles. The molecule has 1 atom stereocenters. The summed E-state index contributed by atoms with van der Waals surface area (Å²) < 4.78 is 10.7. The van der Waals surface area contributed by atoms with Gasteiger partial charge in [-0.25, -0.2) is 9.78 Å². The molecule has 0 saturated carbocycles. The summed E-state index contributed by atoms with van der Waals surface area (Å²) in [7, 11) is 0. The molecule has 0 fully saturated rings. The summed E-state index contributed by atoms with van der Waals surface area (Å²) in [6.45, 7) is 5.43. The van der Waals surface area contributed by atoms with E-state index in [4.69, 9.17) is 9.15 Å². The second kappa shape index (κ2) is 9.19. The predicted octanol–water partition coefficient (Wildman–Crippen LogP) is 4.96. The van der Waals surface area contributed by atoms with Gasteiger partial charge in [0.15, 0.2) is 12.3 Å². The van der Waals surface area contributed by atoms with Crippen molar-refractivity contribution in [3.05, 3.63) is 71.6 Å². The third kappa shape index (κ3) is 4.90. The number of hydrogen-bond acceptors (Lipinski definition) is 5. The number of amides is 1. The lowest BCUT2D eigenvalue weighted by molar-refractivity contribution is -0.119. The zero-order valence-electron chi connectivity index (χ0n) is 16.8. The van der Waals surface area contributed by atoms with Crippen LogP contribution in [-0.2, 0) is 9.53 Å². The van der Waals surface area contributed by atoms with Gasteiger partial charge in [-0.1, -0.05) is 50.2 Å². The maximum Gasteiger partial charge on any atom is 0.361 e. The standard InChI is InChI=1S/C23H24N2O4/c1-4-15(2)18-12-8-9-13-19(18)24-20(26)14-28-23(27)21-16(3)29-22(25-21)17-10-6-5-7-11-17/h5-13,15H,4,14H2,1-3H3,(H,24,26)/t15-/m0/s1. The van der Waals surface area contributed by atoms with Gasteiger partial charge in [0.25, 0.3) is 5.91 Å². The van der Waals surface area contributed by atoms with Crippen LogP contribution in [0.1, 0.15) is 48.0 Å². The van der Waals surface area contributed by atoms with Crippen LogP contribution in [0.25, 0.3) is 11.5 Å². The number of esters is 1. The molecule has 0 aliphatic carbocycles. The topological polar surface area (TPSA) is 81.4 Å². The molecule has 0 unspecified atom stereocenters. The lowest BCUT2D eigenvalue weighted by Gasteiger charge is -2.15. The lowest BCUT2D eigenvalue weighted by Crippen LogP contribution is -2.22. The average molecular weight is 392 g/mol. The first-order chi connectivity index (χ1) is 14.0. The number of oxazole rings is 1. The SMILES string of the molecule is CC[C@H](C)c1ccccc1NC(=O)COC(=O)c1nc(-c2ccccc2)oc1C. The molecule has 0 aliphatic heterocycles. The number of nitrogens with zero attached hydrogens (tertiary/aromatic N) is 1. The molecule has 6 heteroatoms. The van der Waals surface area contributed by atoms with E-state index in [-0.39, 0.29) is 5.69 Å². The van der Waals surface area contributed by atoms with E-state index in [1.807, 2.05) is 54.6 Å². The number of benzene rings is 2. The van der Waals surface area contributed by atoms with Crippen LogP contribution in [0, 0.1) is 6.92 Å². The summed E-state index contributed by atoms with van der Waals surface area (Å²) in [5.41, 5.74) is 2.60. The zero-order valence-corrected chi connectivity index (χ0v) is 16.8. The first-order valence-electron chi connectivity index (χ1n) is 9.58.